The van der Waals surface area contributed by atoms with Crippen molar-refractivity contribution in [2.24, 2.45) is 0 Å². The molecule has 128 valence electrons. The van der Waals surface area contributed by atoms with Crippen LogP contribution in [-0.2, 0) is 22.6 Å². The van der Waals surface area contributed by atoms with E-state index >= 15 is 0 Å². The third-order valence-electron chi connectivity index (χ3n) is 3.85. The maximum atomic E-state index is 12.8. The van der Waals surface area contributed by atoms with E-state index < -0.39 is 0 Å². The minimum absolute atomic E-state index is 0.156. The lowest BCUT2D eigenvalue weighted by molar-refractivity contribution is 0.156. The lowest BCUT2D eigenvalue weighted by atomic mass is 10.2. The highest BCUT2D eigenvalue weighted by Crippen LogP contribution is 2.28. The molecule has 0 amide bonds. The van der Waals surface area contributed by atoms with Crippen LogP contribution in [0.1, 0.15) is 23.4 Å². The average molecular weight is 342 g/mol. The Labute approximate surface area is 137 Å². The minimum Gasteiger partial charge on any atom is -0.391 e. The van der Waals surface area contributed by atoms with Crippen molar-refractivity contribution in [2.75, 3.05) is 27.4 Å². The fourth-order valence-electron chi connectivity index (χ4n) is 2.65. The summed E-state index contributed by atoms with van der Waals surface area (Å²) in [6.07, 6.45) is 0. The Morgan fingerprint density at radius 2 is 1.96 bits per heavy atom. The van der Waals surface area contributed by atoms with Gasteiger partial charge in [-0.15, -0.1) is 11.3 Å². The maximum absolute atomic E-state index is 12.8. The third-order valence-corrected chi connectivity index (χ3v) is 5.15. The van der Waals surface area contributed by atoms with E-state index in [9.17, 15) is 14.7 Å². The zero-order chi connectivity index (χ0) is 17.1. The SMILES string of the molecule is COCCn1c(=O)n(C(C)COC)c(=O)c2c(C)c(CO)sc21. The molecule has 7 nitrogen and oxygen atoms in total. The average Bonchev–Trinajstić information content (AvgIpc) is 2.84. The summed E-state index contributed by atoms with van der Waals surface area (Å²) in [6.45, 7) is 4.38. The van der Waals surface area contributed by atoms with Crippen molar-refractivity contribution in [2.45, 2.75) is 33.0 Å². The highest BCUT2D eigenvalue weighted by atomic mass is 32.1. The highest BCUT2D eigenvalue weighted by molar-refractivity contribution is 7.18. The Bertz CT molecular complexity index is 805. The van der Waals surface area contributed by atoms with E-state index in [4.69, 9.17) is 9.47 Å². The predicted octanol–water partition coefficient (Wildman–Crippen LogP) is 0.879. The maximum Gasteiger partial charge on any atom is 0.332 e. The first kappa shape index (κ1) is 17.9. The van der Waals surface area contributed by atoms with Gasteiger partial charge >= 0.3 is 5.69 Å². The zero-order valence-corrected chi connectivity index (χ0v) is 14.6. The number of aliphatic hydroxyl groups excluding tert-OH is 1. The quantitative estimate of drug-likeness (QED) is 0.808. The number of rotatable bonds is 7. The van der Waals surface area contributed by atoms with Crippen LogP contribution in [0, 0.1) is 6.92 Å². The van der Waals surface area contributed by atoms with Crippen molar-refractivity contribution < 1.29 is 14.6 Å². The van der Waals surface area contributed by atoms with Gasteiger partial charge in [0, 0.05) is 19.1 Å². The molecule has 23 heavy (non-hydrogen) atoms. The van der Waals surface area contributed by atoms with Gasteiger partial charge in [0.05, 0.1) is 37.8 Å². The topological polar surface area (TPSA) is 82.7 Å². The number of aryl methyl sites for hydroxylation is 1. The molecule has 2 heterocycles. The zero-order valence-electron chi connectivity index (χ0n) is 13.8. The van der Waals surface area contributed by atoms with Crippen LogP contribution in [0.3, 0.4) is 0 Å². The van der Waals surface area contributed by atoms with Gasteiger partial charge in [0.15, 0.2) is 0 Å². The summed E-state index contributed by atoms with van der Waals surface area (Å²) < 4.78 is 12.9. The van der Waals surface area contributed by atoms with E-state index in [-0.39, 0.29) is 30.5 Å². The van der Waals surface area contributed by atoms with Crippen LogP contribution in [-0.4, -0.2) is 41.7 Å². The molecule has 0 aliphatic rings. The summed E-state index contributed by atoms with van der Waals surface area (Å²) in [5.41, 5.74) is 0.00791. The second-order valence-corrected chi connectivity index (χ2v) is 6.48. The first-order valence-corrected chi connectivity index (χ1v) is 8.15. The molecular weight excluding hydrogens is 320 g/mol. The molecule has 0 saturated heterocycles. The van der Waals surface area contributed by atoms with Crippen molar-refractivity contribution >= 4 is 21.6 Å². The molecule has 0 bridgehead atoms. The second kappa shape index (κ2) is 7.39. The monoisotopic (exact) mass is 342 g/mol. The van der Waals surface area contributed by atoms with Gasteiger partial charge in [-0.1, -0.05) is 0 Å². The van der Waals surface area contributed by atoms with E-state index in [1.165, 1.54) is 23.0 Å². The Hall–Kier alpha value is -1.48. The van der Waals surface area contributed by atoms with Crippen molar-refractivity contribution in [1.82, 2.24) is 9.13 Å². The molecule has 0 aromatic carbocycles. The van der Waals surface area contributed by atoms with E-state index in [0.29, 0.717) is 28.2 Å². The first-order valence-electron chi connectivity index (χ1n) is 7.33. The van der Waals surface area contributed by atoms with Crippen LogP contribution in [0.15, 0.2) is 9.59 Å². The molecule has 0 aliphatic carbocycles. The van der Waals surface area contributed by atoms with Crippen LogP contribution >= 0.6 is 11.3 Å². The standard InChI is InChI=1S/C15H22N2O5S/c1-9(8-22-4)17-13(19)12-10(2)11(7-18)23-14(12)16(15(17)20)5-6-21-3/h9,18H,5-8H2,1-4H3. The molecular formula is C15H22N2O5S. The van der Waals surface area contributed by atoms with Gasteiger partial charge in [0.25, 0.3) is 5.56 Å². The molecule has 1 unspecified atom stereocenters. The molecule has 1 atom stereocenters. The summed E-state index contributed by atoms with van der Waals surface area (Å²) in [6, 6.07) is -0.380. The molecule has 0 radical (unpaired) electrons. The number of methoxy groups -OCH3 is 2. The Kier molecular flexibility index (Phi) is 5.74. The summed E-state index contributed by atoms with van der Waals surface area (Å²) >= 11 is 1.28. The summed E-state index contributed by atoms with van der Waals surface area (Å²) in [5, 5.41) is 9.96. The van der Waals surface area contributed by atoms with E-state index in [0.717, 1.165) is 5.56 Å². The summed E-state index contributed by atoms with van der Waals surface area (Å²) in [7, 11) is 3.09. The molecule has 0 fully saturated rings. The van der Waals surface area contributed by atoms with E-state index in [1.807, 2.05) is 0 Å². The number of fused-ring (bicyclic) bond motifs is 1. The summed E-state index contributed by atoms with van der Waals surface area (Å²) in [4.78, 5) is 26.9. The predicted molar refractivity (Wildman–Crippen MR) is 89.5 cm³/mol. The van der Waals surface area contributed by atoms with E-state index in [2.05, 4.69) is 0 Å². The molecule has 0 spiro atoms. The van der Waals surface area contributed by atoms with Gasteiger partial charge in [-0.2, -0.15) is 0 Å². The smallest absolute Gasteiger partial charge is 0.332 e. The van der Waals surface area contributed by atoms with Crippen LogP contribution in [0.25, 0.3) is 10.2 Å². The summed E-state index contributed by atoms with van der Waals surface area (Å²) in [5.74, 6) is 0. The normalized spacial score (nSPS) is 12.9. The van der Waals surface area contributed by atoms with Crippen LogP contribution in [0.2, 0.25) is 0 Å². The number of hydrogen-bond acceptors (Lipinski definition) is 6. The highest BCUT2D eigenvalue weighted by Gasteiger charge is 2.21. The van der Waals surface area contributed by atoms with Gasteiger partial charge in [-0.05, 0) is 19.4 Å². The largest absolute Gasteiger partial charge is 0.391 e. The molecule has 2 aromatic rings. The molecule has 2 aromatic heterocycles. The van der Waals surface area contributed by atoms with Crippen LogP contribution < -0.4 is 11.2 Å². The Balaban J connectivity index is 2.84. The molecule has 1 N–H and O–H groups in total. The van der Waals surface area contributed by atoms with Gasteiger partial charge in [-0.3, -0.25) is 13.9 Å². The van der Waals surface area contributed by atoms with Gasteiger partial charge in [-0.25, -0.2) is 4.79 Å². The number of aliphatic hydroxyl groups is 1. The minimum atomic E-state index is -0.380. The molecule has 2 rings (SSSR count). The van der Waals surface area contributed by atoms with Crippen molar-refractivity contribution in [3.63, 3.8) is 0 Å². The second-order valence-electron chi connectivity index (χ2n) is 5.40. The van der Waals surface area contributed by atoms with Crippen molar-refractivity contribution in [3.8, 4) is 0 Å². The Morgan fingerprint density at radius 1 is 1.26 bits per heavy atom. The number of nitrogens with zero attached hydrogens (tertiary/aromatic N) is 2. The van der Waals surface area contributed by atoms with Crippen molar-refractivity contribution in [1.29, 1.82) is 0 Å². The number of aromatic nitrogens is 2. The van der Waals surface area contributed by atoms with Gasteiger partial charge < -0.3 is 14.6 Å². The number of thiophene rings is 1. The number of ether oxygens (including phenoxy) is 2. The molecule has 0 saturated carbocycles. The van der Waals surface area contributed by atoms with Crippen LogP contribution in [0.5, 0.6) is 0 Å². The van der Waals surface area contributed by atoms with Gasteiger partial charge in [0.1, 0.15) is 4.83 Å². The molecule has 8 heteroatoms. The molecule has 0 aliphatic heterocycles. The lowest BCUT2D eigenvalue weighted by Gasteiger charge is -2.16. The van der Waals surface area contributed by atoms with Crippen molar-refractivity contribution in [3.05, 3.63) is 31.3 Å². The number of hydrogen-bond donors (Lipinski definition) is 1. The fourth-order valence-corrected chi connectivity index (χ4v) is 3.82. The fraction of sp³-hybridized carbons (Fsp3) is 0.600. The van der Waals surface area contributed by atoms with Crippen LogP contribution in [0.4, 0.5) is 0 Å². The van der Waals surface area contributed by atoms with Gasteiger partial charge in [0.2, 0.25) is 0 Å². The first-order chi connectivity index (χ1) is 11.0. The third kappa shape index (κ3) is 3.12. The lowest BCUT2D eigenvalue weighted by Crippen LogP contribution is -2.43. The Morgan fingerprint density at radius 3 is 2.52 bits per heavy atom. The van der Waals surface area contributed by atoms with E-state index in [1.54, 1.807) is 25.5 Å².